The van der Waals surface area contributed by atoms with Crippen molar-refractivity contribution in [2.45, 2.75) is 50.0 Å². The molecule has 1 aromatic heterocycles. The van der Waals surface area contributed by atoms with Gasteiger partial charge >= 0.3 is 6.18 Å². The molecular formula is C21H21ClF3N2O3S-. The third kappa shape index (κ3) is 6.51. The summed E-state index contributed by atoms with van der Waals surface area (Å²) in [5.74, 6) is -0.830. The van der Waals surface area contributed by atoms with Crippen molar-refractivity contribution >= 4 is 34.4 Å². The molecule has 10 heteroatoms. The summed E-state index contributed by atoms with van der Waals surface area (Å²) in [6.45, 7) is 0. The van der Waals surface area contributed by atoms with Gasteiger partial charge in [-0.15, -0.1) is 0 Å². The van der Waals surface area contributed by atoms with Gasteiger partial charge in [0.2, 0.25) is 5.91 Å². The third-order valence-corrected chi connectivity index (χ3v) is 6.35. The fourth-order valence-electron chi connectivity index (χ4n) is 3.85. The first-order valence-electron chi connectivity index (χ1n) is 9.82. The number of nitrogens with zero attached hydrogens (tertiary/aromatic N) is 1. The predicted molar refractivity (Wildman–Crippen MR) is 111 cm³/mol. The zero-order valence-corrected chi connectivity index (χ0v) is 18.0. The van der Waals surface area contributed by atoms with Gasteiger partial charge in [0, 0.05) is 17.0 Å². The van der Waals surface area contributed by atoms with E-state index in [1.807, 2.05) is 0 Å². The summed E-state index contributed by atoms with van der Waals surface area (Å²) in [7, 11) is 0. The van der Waals surface area contributed by atoms with E-state index in [0.29, 0.717) is 29.7 Å². The lowest BCUT2D eigenvalue weighted by molar-refractivity contribution is -0.137. The minimum atomic E-state index is -4.51. The van der Waals surface area contributed by atoms with Crippen LogP contribution >= 0.6 is 11.6 Å². The molecule has 0 aliphatic heterocycles. The van der Waals surface area contributed by atoms with E-state index in [2.05, 4.69) is 10.3 Å². The van der Waals surface area contributed by atoms with Crippen LogP contribution in [0.3, 0.4) is 0 Å². The number of aromatic nitrogens is 1. The van der Waals surface area contributed by atoms with Crippen molar-refractivity contribution in [3.63, 3.8) is 0 Å². The standard InChI is InChI=1S/C21H22ClF3N2O3S/c22-18-10-14(5-6-15(18)12-31(29)30)17(9-13-3-1-2-4-13)20(28)27-19-8-7-16(11-26-19)21(23,24)25/h5-8,10-11,13,17H,1-4,9,12H2,(H,29,30)(H,26,27,28)/p-1. The molecule has 31 heavy (non-hydrogen) atoms. The highest BCUT2D eigenvalue weighted by Gasteiger charge is 2.31. The van der Waals surface area contributed by atoms with E-state index in [1.54, 1.807) is 18.2 Å². The van der Waals surface area contributed by atoms with Gasteiger partial charge in [-0.3, -0.25) is 9.00 Å². The monoisotopic (exact) mass is 473 g/mol. The number of amides is 1. The van der Waals surface area contributed by atoms with Crippen molar-refractivity contribution in [1.82, 2.24) is 4.98 Å². The van der Waals surface area contributed by atoms with Crippen LogP contribution in [-0.2, 0) is 27.8 Å². The van der Waals surface area contributed by atoms with Crippen molar-refractivity contribution in [2.75, 3.05) is 5.32 Å². The maximum atomic E-state index is 13.0. The normalized spacial score (nSPS) is 16.8. The Morgan fingerprint density at radius 2 is 1.97 bits per heavy atom. The van der Waals surface area contributed by atoms with E-state index in [0.717, 1.165) is 37.8 Å². The molecule has 5 nitrogen and oxygen atoms in total. The van der Waals surface area contributed by atoms with E-state index in [4.69, 9.17) is 11.6 Å². The number of nitrogens with one attached hydrogen (secondary N) is 1. The number of hydrogen-bond donors (Lipinski definition) is 1. The lowest BCUT2D eigenvalue weighted by Crippen LogP contribution is -2.24. The zero-order valence-electron chi connectivity index (χ0n) is 16.5. The van der Waals surface area contributed by atoms with Crippen molar-refractivity contribution < 1.29 is 26.7 Å². The lowest BCUT2D eigenvalue weighted by atomic mass is 9.87. The summed E-state index contributed by atoms with van der Waals surface area (Å²) in [6.07, 6.45) is 0.925. The molecule has 1 amide bonds. The molecule has 2 unspecified atom stereocenters. The number of rotatable bonds is 7. The lowest BCUT2D eigenvalue weighted by Gasteiger charge is -2.21. The third-order valence-electron chi connectivity index (χ3n) is 5.46. The smallest absolute Gasteiger partial charge is 0.417 e. The number of halogens is 4. The van der Waals surface area contributed by atoms with Crippen LogP contribution in [0.4, 0.5) is 19.0 Å². The van der Waals surface area contributed by atoms with Gasteiger partial charge in [-0.1, -0.05) is 60.5 Å². The highest BCUT2D eigenvalue weighted by molar-refractivity contribution is 7.78. The molecule has 168 valence electrons. The summed E-state index contributed by atoms with van der Waals surface area (Å²) in [6, 6.07) is 6.83. The van der Waals surface area contributed by atoms with Crippen LogP contribution in [0.2, 0.25) is 5.02 Å². The topological polar surface area (TPSA) is 82.1 Å². The van der Waals surface area contributed by atoms with E-state index in [1.165, 1.54) is 0 Å². The first-order valence-corrected chi connectivity index (χ1v) is 11.4. The predicted octanol–water partition coefficient (Wildman–Crippen LogP) is 5.44. The number of pyridine rings is 1. The number of carbonyl (C=O) groups is 1. The van der Waals surface area contributed by atoms with Gasteiger partial charge in [-0.25, -0.2) is 4.98 Å². The van der Waals surface area contributed by atoms with Gasteiger partial charge in [0.15, 0.2) is 0 Å². The number of alkyl halides is 3. The molecule has 2 aromatic rings. The molecule has 0 spiro atoms. The van der Waals surface area contributed by atoms with Crippen molar-refractivity contribution in [3.05, 3.63) is 58.2 Å². The maximum Gasteiger partial charge on any atom is 0.417 e. The molecule has 3 rings (SSSR count). The summed E-state index contributed by atoms with van der Waals surface area (Å²) in [5.41, 5.74) is 0.163. The number of hydrogen-bond acceptors (Lipinski definition) is 4. The molecule has 1 fully saturated rings. The fraction of sp³-hybridized carbons (Fsp3) is 0.429. The molecule has 1 aliphatic carbocycles. The van der Waals surface area contributed by atoms with E-state index in [9.17, 15) is 26.7 Å². The summed E-state index contributed by atoms with van der Waals surface area (Å²) < 4.78 is 60.1. The van der Waals surface area contributed by atoms with E-state index < -0.39 is 34.6 Å². The maximum absolute atomic E-state index is 13.0. The van der Waals surface area contributed by atoms with Gasteiger partial charge in [0.25, 0.3) is 0 Å². The average Bonchev–Trinajstić information content (AvgIpc) is 3.20. The van der Waals surface area contributed by atoms with Crippen molar-refractivity contribution in [3.8, 4) is 0 Å². The second-order valence-electron chi connectivity index (χ2n) is 7.66. The van der Waals surface area contributed by atoms with Crippen LogP contribution in [0.5, 0.6) is 0 Å². The minimum absolute atomic E-state index is 0.0268. The Labute approximate surface area is 185 Å². The second kappa shape index (κ2) is 10.1. The molecule has 1 heterocycles. The highest BCUT2D eigenvalue weighted by Crippen LogP contribution is 2.36. The van der Waals surface area contributed by atoms with Crippen molar-refractivity contribution in [1.29, 1.82) is 0 Å². The number of carbonyl (C=O) groups excluding carboxylic acids is 1. The average molecular weight is 474 g/mol. The van der Waals surface area contributed by atoms with Crippen LogP contribution < -0.4 is 5.32 Å². The van der Waals surface area contributed by atoms with Gasteiger partial charge in [0.1, 0.15) is 5.82 Å². The van der Waals surface area contributed by atoms with Crippen molar-refractivity contribution in [2.24, 2.45) is 5.92 Å². The van der Waals surface area contributed by atoms with Crippen LogP contribution in [0.25, 0.3) is 0 Å². The first-order chi connectivity index (χ1) is 14.6. The summed E-state index contributed by atoms with van der Waals surface area (Å²) in [4.78, 5) is 16.8. The Morgan fingerprint density at radius 1 is 1.26 bits per heavy atom. The molecule has 0 bridgehead atoms. The minimum Gasteiger partial charge on any atom is -0.772 e. The first kappa shape index (κ1) is 23.7. The van der Waals surface area contributed by atoms with E-state index >= 15 is 0 Å². The molecule has 0 saturated heterocycles. The quantitative estimate of drug-likeness (QED) is 0.543. The number of anilines is 1. The molecule has 2 atom stereocenters. The van der Waals surface area contributed by atoms with Gasteiger partial charge in [-0.2, -0.15) is 13.2 Å². The van der Waals surface area contributed by atoms with Crippen LogP contribution in [-0.4, -0.2) is 19.7 Å². The molecular weight excluding hydrogens is 453 g/mol. The molecule has 1 aliphatic rings. The largest absolute Gasteiger partial charge is 0.772 e. The van der Waals surface area contributed by atoms with Gasteiger partial charge in [0.05, 0.1) is 11.5 Å². The highest BCUT2D eigenvalue weighted by atomic mass is 35.5. The molecule has 0 radical (unpaired) electrons. The summed E-state index contributed by atoms with van der Waals surface area (Å²) >= 11 is 3.94. The van der Waals surface area contributed by atoms with Crippen LogP contribution in [0.1, 0.15) is 54.7 Å². The molecule has 1 saturated carbocycles. The number of benzene rings is 1. The van der Waals surface area contributed by atoms with Gasteiger partial charge < -0.3 is 9.87 Å². The Balaban J connectivity index is 1.82. The zero-order chi connectivity index (χ0) is 22.6. The Hall–Kier alpha value is -1.97. The SMILES string of the molecule is O=C(Nc1ccc(C(F)(F)F)cn1)C(CC1CCCC1)c1ccc(CS(=O)[O-])c(Cl)c1. The Kier molecular flexibility index (Phi) is 7.72. The van der Waals surface area contributed by atoms with Crippen LogP contribution in [0.15, 0.2) is 36.5 Å². The summed E-state index contributed by atoms with van der Waals surface area (Å²) in [5, 5.41) is 2.85. The Morgan fingerprint density at radius 3 is 2.52 bits per heavy atom. The molecule has 1 N–H and O–H groups in total. The van der Waals surface area contributed by atoms with E-state index in [-0.39, 0.29) is 16.6 Å². The van der Waals surface area contributed by atoms with Crippen LogP contribution in [0, 0.1) is 5.92 Å². The van der Waals surface area contributed by atoms with Gasteiger partial charge in [-0.05, 0) is 41.7 Å². The second-order valence-corrected chi connectivity index (χ2v) is 8.96. The Bertz CT molecular complexity index is 948. The fourth-order valence-corrected chi connectivity index (χ4v) is 4.69. The molecule has 1 aromatic carbocycles.